The number of likely N-dealkylation sites (N-methyl/N-ethyl adjacent to an activating group) is 1. The minimum Gasteiger partial charge on any atom is -0.495 e. The highest BCUT2D eigenvalue weighted by atomic mass is 35.5. The van der Waals surface area contributed by atoms with Gasteiger partial charge in [0.05, 0.1) is 44.6 Å². The topological polar surface area (TPSA) is 124 Å². The smallest absolute Gasteiger partial charge is 0.330 e. The van der Waals surface area contributed by atoms with Gasteiger partial charge in [0.25, 0.3) is 0 Å². The van der Waals surface area contributed by atoms with Crippen LogP contribution in [0.15, 0.2) is 24.9 Å². The Hall–Kier alpha value is -3.81. The van der Waals surface area contributed by atoms with Crippen LogP contribution in [0, 0.1) is 0 Å². The predicted molar refractivity (Wildman–Crippen MR) is 191 cm³/mol. The van der Waals surface area contributed by atoms with Gasteiger partial charge in [-0.05, 0) is 38.9 Å². The number of carbonyl (C=O) groups excluding carboxylic acids is 3. The van der Waals surface area contributed by atoms with E-state index in [-0.39, 0.29) is 58.2 Å². The average molecular weight is 718 g/mol. The van der Waals surface area contributed by atoms with E-state index in [1.54, 1.807) is 19.3 Å². The predicted octanol–water partition coefficient (Wildman–Crippen LogP) is 5.06. The second-order valence-electron chi connectivity index (χ2n) is 12.7. The molecule has 1 aromatic carbocycles. The Balaban J connectivity index is 1.43. The number of unbranched alkanes of at least 4 members (excludes halogenated alkanes) is 2. The van der Waals surface area contributed by atoms with Crippen molar-refractivity contribution in [3.05, 3.63) is 40.5 Å². The first-order chi connectivity index (χ1) is 23.5. The maximum atomic E-state index is 13.8. The molecule has 2 aromatic rings. The van der Waals surface area contributed by atoms with Crippen molar-refractivity contribution in [3.63, 3.8) is 0 Å². The Morgan fingerprint density at radius 3 is 2.47 bits per heavy atom. The molecule has 2 fully saturated rings. The zero-order valence-corrected chi connectivity index (χ0v) is 30.4. The Labute approximate surface area is 298 Å². The largest absolute Gasteiger partial charge is 0.495 e. The molecule has 1 aromatic heterocycles. The maximum absolute atomic E-state index is 13.8. The molecule has 13 nitrogen and oxygen atoms in total. The Bertz CT molecular complexity index is 1550. The number of aromatic nitrogens is 2. The van der Waals surface area contributed by atoms with Crippen LogP contribution >= 0.6 is 23.2 Å². The van der Waals surface area contributed by atoms with E-state index in [4.69, 9.17) is 37.7 Å². The number of rotatable bonds is 12. The number of anilines is 3. The van der Waals surface area contributed by atoms with E-state index in [1.165, 1.54) is 30.1 Å². The molecule has 0 spiro atoms. The van der Waals surface area contributed by atoms with Gasteiger partial charge >= 0.3 is 6.03 Å². The molecule has 3 atom stereocenters. The molecule has 266 valence electrons. The lowest BCUT2D eigenvalue weighted by molar-refractivity contribution is -0.137. The van der Waals surface area contributed by atoms with Gasteiger partial charge in [-0.2, -0.15) is 4.98 Å². The Morgan fingerprint density at radius 1 is 1.12 bits per heavy atom. The normalized spacial score (nSPS) is 21.0. The summed E-state index contributed by atoms with van der Waals surface area (Å²) in [6, 6.07) is 0.271. The zero-order chi connectivity index (χ0) is 35.4. The van der Waals surface area contributed by atoms with Gasteiger partial charge in [0, 0.05) is 44.5 Å². The Kier molecular flexibility index (Phi) is 11.8. The highest BCUT2D eigenvalue weighted by molar-refractivity contribution is 6.42. The summed E-state index contributed by atoms with van der Waals surface area (Å²) in [6.07, 6.45) is 8.70. The number of nitrogens with one attached hydrogen (secondary N) is 1. The molecule has 1 N–H and O–H groups in total. The van der Waals surface area contributed by atoms with Crippen molar-refractivity contribution >= 4 is 58.5 Å². The van der Waals surface area contributed by atoms with E-state index in [1.807, 2.05) is 16.8 Å². The molecule has 0 saturated carbocycles. The van der Waals surface area contributed by atoms with Crippen LogP contribution in [0.3, 0.4) is 0 Å². The molecule has 15 heteroatoms. The lowest BCUT2D eigenvalue weighted by Gasteiger charge is -2.35. The number of urea groups is 1. The second kappa shape index (κ2) is 15.8. The third-order valence-electron chi connectivity index (χ3n) is 9.66. The molecule has 3 unspecified atom stereocenters. The minimum atomic E-state index is -0.415. The van der Waals surface area contributed by atoms with Crippen LogP contribution in [0.4, 0.5) is 22.2 Å². The molecule has 0 bridgehead atoms. The molecule has 2 saturated heterocycles. The summed E-state index contributed by atoms with van der Waals surface area (Å²) >= 11 is 13.3. The van der Waals surface area contributed by atoms with Gasteiger partial charge in [-0.3, -0.25) is 24.3 Å². The summed E-state index contributed by atoms with van der Waals surface area (Å²) in [6.45, 7) is 8.15. The molecule has 5 rings (SSSR count). The first-order valence-electron chi connectivity index (χ1n) is 16.7. The number of nitrogens with zero attached hydrogens (tertiary/aromatic N) is 7. The molecular weight excluding hydrogens is 671 g/mol. The van der Waals surface area contributed by atoms with Crippen LogP contribution in [-0.4, -0.2) is 115 Å². The van der Waals surface area contributed by atoms with E-state index in [2.05, 4.69) is 28.7 Å². The molecule has 49 heavy (non-hydrogen) atoms. The Morgan fingerprint density at radius 2 is 1.84 bits per heavy atom. The first-order valence-corrected chi connectivity index (χ1v) is 17.5. The van der Waals surface area contributed by atoms with Gasteiger partial charge in [0.15, 0.2) is 0 Å². The summed E-state index contributed by atoms with van der Waals surface area (Å²) in [5.41, 5.74) is 0.908. The van der Waals surface area contributed by atoms with Crippen molar-refractivity contribution in [1.82, 2.24) is 24.7 Å². The number of benzene rings is 1. The number of hydrogen-bond donors (Lipinski definition) is 1. The first kappa shape index (κ1) is 36.5. The fraction of sp³-hybridized carbons (Fsp3) is 0.559. The van der Waals surface area contributed by atoms with Crippen LogP contribution in [0.2, 0.25) is 10.0 Å². The number of methoxy groups -OCH3 is 2. The third-order valence-corrected chi connectivity index (χ3v) is 10.4. The summed E-state index contributed by atoms with van der Waals surface area (Å²) in [5, 5.41) is 3.77. The molecule has 0 radical (unpaired) electrons. The van der Waals surface area contributed by atoms with Gasteiger partial charge in [0.1, 0.15) is 27.4 Å². The number of ether oxygens (including phenoxy) is 2. The standard InChI is InChI=1S/C34H46Cl2N8O5/c1-7-9-11-15-43(27(45)8-2)24-20-42(32(46)23-13-10-12-14-40(23)3)19-22(24)38-33-37-17-21-18-44(34(47)41(4)31(21)39-33)30-28(35)25(48-5)16-26(49-6)29(30)36/h8,16-17,22-24H,2,7,9-15,18-20H2,1,3-6H3,(H,37,38,39). The van der Waals surface area contributed by atoms with Crippen molar-refractivity contribution in [1.29, 1.82) is 0 Å². The lowest BCUT2D eigenvalue weighted by Crippen LogP contribution is -2.50. The number of fused-ring (bicyclic) bond motifs is 1. The average Bonchev–Trinajstić information content (AvgIpc) is 3.51. The van der Waals surface area contributed by atoms with Crippen LogP contribution in [0.1, 0.15) is 51.0 Å². The van der Waals surface area contributed by atoms with Gasteiger partial charge in [0.2, 0.25) is 17.8 Å². The quantitative estimate of drug-likeness (QED) is 0.237. The molecule has 4 amide bonds. The third kappa shape index (κ3) is 7.39. The number of amides is 4. The number of likely N-dealkylation sites (tertiary alicyclic amines) is 2. The molecule has 0 aliphatic carbocycles. The molecule has 3 aliphatic rings. The summed E-state index contributed by atoms with van der Waals surface area (Å²) in [4.78, 5) is 58.9. The van der Waals surface area contributed by atoms with Crippen molar-refractivity contribution < 1.29 is 23.9 Å². The van der Waals surface area contributed by atoms with Crippen LogP contribution in [0.25, 0.3) is 0 Å². The number of hydrogen-bond acceptors (Lipinski definition) is 9. The summed E-state index contributed by atoms with van der Waals surface area (Å²) in [5.74, 6) is 1.20. The fourth-order valence-corrected chi connectivity index (χ4v) is 7.64. The number of piperidine rings is 1. The van der Waals surface area contributed by atoms with Gasteiger partial charge in [-0.25, -0.2) is 9.78 Å². The zero-order valence-electron chi connectivity index (χ0n) is 28.9. The van der Waals surface area contributed by atoms with Gasteiger partial charge < -0.3 is 24.6 Å². The number of halogens is 2. The SMILES string of the molecule is C=CC(=O)N(CCCCC)C1CN(C(=O)C2CCCCN2C)CC1Nc1ncc2c(n1)N(C)C(=O)N(c1c(Cl)c(OC)cc(OC)c1Cl)C2. The molecular formula is C34H46Cl2N8O5. The van der Waals surface area contributed by atoms with E-state index >= 15 is 0 Å². The summed E-state index contributed by atoms with van der Waals surface area (Å²) in [7, 11) is 6.55. The highest BCUT2D eigenvalue weighted by Crippen LogP contribution is 2.47. The van der Waals surface area contributed by atoms with Crippen LogP contribution in [-0.2, 0) is 16.1 Å². The van der Waals surface area contributed by atoms with Crippen molar-refractivity contribution in [2.24, 2.45) is 0 Å². The van der Waals surface area contributed by atoms with E-state index in [9.17, 15) is 14.4 Å². The fourth-order valence-electron chi connectivity index (χ4n) is 6.94. The second-order valence-corrected chi connectivity index (χ2v) is 13.5. The lowest BCUT2D eigenvalue weighted by atomic mass is 10.0. The highest BCUT2D eigenvalue weighted by Gasteiger charge is 2.43. The van der Waals surface area contributed by atoms with Crippen LogP contribution < -0.4 is 24.6 Å². The van der Waals surface area contributed by atoms with Gasteiger partial charge in [-0.15, -0.1) is 0 Å². The van der Waals surface area contributed by atoms with E-state index in [0.717, 1.165) is 45.1 Å². The van der Waals surface area contributed by atoms with E-state index < -0.39 is 6.03 Å². The minimum absolute atomic E-state index is 0.0688. The molecule has 4 heterocycles. The van der Waals surface area contributed by atoms with Gasteiger partial charge in [-0.1, -0.05) is 56.0 Å². The van der Waals surface area contributed by atoms with E-state index in [0.29, 0.717) is 42.5 Å². The maximum Gasteiger partial charge on any atom is 0.330 e. The number of carbonyl (C=O) groups is 3. The van der Waals surface area contributed by atoms with Crippen LogP contribution in [0.5, 0.6) is 11.5 Å². The monoisotopic (exact) mass is 716 g/mol. The van der Waals surface area contributed by atoms with Crippen molar-refractivity contribution in [3.8, 4) is 11.5 Å². The summed E-state index contributed by atoms with van der Waals surface area (Å²) < 4.78 is 10.8. The molecule has 3 aliphatic heterocycles. The van der Waals surface area contributed by atoms with Crippen molar-refractivity contribution in [2.45, 2.75) is 70.1 Å². The van der Waals surface area contributed by atoms with Crippen molar-refractivity contribution in [2.75, 3.05) is 69.6 Å².